The van der Waals surface area contributed by atoms with Gasteiger partial charge in [0.15, 0.2) is 11.5 Å². The molecular weight excluding hydrogens is 284 g/mol. The molecule has 2 heterocycles. The summed E-state index contributed by atoms with van der Waals surface area (Å²) in [6, 6.07) is 3.69. The Morgan fingerprint density at radius 2 is 2.05 bits per heavy atom. The number of nitrogens with zero attached hydrogens (tertiary/aromatic N) is 2. The predicted molar refractivity (Wildman–Crippen MR) is 81.3 cm³/mol. The van der Waals surface area contributed by atoms with Gasteiger partial charge in [0, 0.05) is 25.0 Å². The fourth-order valence-electron chi connectivity index (χ4n) is 2.39. The zero-order chi connectivity index (χ0) is 15.7. The third-order valence-corrected chi connectivity index (χ3v) is 3.62. The Morgan fingerprint density at radius 3 is 2.73 bits per heavy atom. The second-order valence-corrected chi connectivity index (χ2v) is 5.91. The first-order chi connectivity index (χ1) is 10.5. The summed E-state index contributed by atoms with van der Waals surface area (Å²) in [6.45, 7) is 4.47. The van der Waals surface area contributed by atoms with Crippen LogP contribution < -0.4 is 14.2 Å². The molecule has 6 heteroatoms. The highest BCUT2D eigenvalue weighted by atomic mass is 16.7. The van der Waals surface area contributed by atoms with Gasteiger partial charge in [0.25, 0.3) is 0 Å². The molecule has 2 aromatic rings. The number of hydrogen-bond acceptors (Lipinski definition) is 5. The number of ether oxygens (including phenoxy) is 3. The van der Waals surface area contributed by atoms with Crippen LogP contribution in [-0.4, -0.2) is 34.2 Å². The number of imidazole rings is 1. The van der Waals surface area contributed by atoms with Crippen molar-refractivity contribution in [2.75, 3.05) is 13.9 Å². The van der Waals surface area contributed by atoms with Gasteiger partial charge in [0.1, 0.15) is 11.6 Å². The molecule has 0 amide bonds. The molecule has 0 aliphatic carbocycles. The molecule has 0 unspecified atom stereocenters. The highest BCUT2D eigenvalue weighted by Gasteiger charge is 2.21. The summed E-state index contributed by atoms with van der Waals surface area (Å²) in [5.41, 5.74) is 0.119. The number of methoxy groups -OCH3 is 1. The quantitative estimate of drug-likeness (QED) is 0.919. The Labute approximate surface area is 129 Å². The molecule has 0 spiro atoms. The summed E-state index contributed by atoms with van der Waals surface area (Å²) in [7, 11) is 1.62. The van der Waals surface area contributed by atoms with Crippen molar-refractivity contribution in [3.63, 3.8) is 0 Å². The minimum absolute atomic E-state index is 0.217. The van der Waals surface area contributed by atoms with E-state index in [1.165, 1.54) is 0 Å². The summed E-state index contributed by atoms with van der Waals surface area (Å²) in [4.78, 5) is 4.43. The van der Waals surface area contributed by atoms with Gasteiger partial charge in [-0.1, -0.05) is 0 Å². The van der Waals surface area contributed by atoms with Gasteiger partial charge in [-0.2, -0.15) is 0 Å². The monoisotopic (exact) mass is 304 g/mol. The van der Waals surface area contributed by atoms with E-state index in [4.69, 9.17) is 14.2 Å². The first-order valence-electron chi connectivity index (χ1n) is 7.19. The van der Waals surface area contributed by atoms with Crippen LogP contribution in [0.5, 0.6) is 17.2 Å². The van der Waals surface area contributed by atoms with E-state index in [-0.39, 0.29) is 6.79 Å². The zero-order valence-electron chi connectivity index (χ0n) is 13.0. The summed E-state index contributed by atoms with van der Waals surface area (Å²) in [6.07, 6.45) is 4.26. The number of aryl methyl sites for hydroxylation is 1. The molecule has 0 fully saturated rings. The van der Waals surface area contributed by atoms with E-state index in [0.29, 0.717) is 30.2 Å². The fraction of sp³-hybridized carbons (Fsp3) is 0.438. The molecule has 0 bridgehead atoms. The Balaban J connectivity index is 1.96. The molecule has 1 aromatic heterocycles. The van der Waals surface area contributed by atoms with Crippen molar-refractivity contribution in [3.8, 4) is 28.6 Å². The van der Waals surface area contributed by atoms with Crippen LogP contribution in [0.3, 0.4) is 0 Å². The van der Waals surface area contributed by atoms with E-state index in [9.17, 15) is 5.11 Å². The molecule has 0 saturated carbocycles. The zero-order valence-corrected chi connectivity index (χ0v) is 13.0. The molecule has 3 rings (SSSR count). The Kier molecular flexibility index (Phi) is 3.70. The van der Waals surface area contributed by atoms with Crippen molar-refractivity contribution >= 4 is 0 Å². The largest absolute Gasteiger partial charge is 0.496 e. The normalized spacial score (nSPS) is 13.5. The van der Waals surface area contributed by atoms with Gasteiger partial charge in [-0.05, 0) is 26.3 Å². The van der Waals surface area contributed by atoms with Gasteiger partial charge in [-0.15, -0.1) is 0 Å². The lowest BCUT2D eigenvalue weighted by Gasteiger charge is -2.18. The molecule has 0 saturated heterocycles. The fourth-order valence-corrected chi connectivity index (χ4v) is 2.39. The van der Waals surface area contributed by atoms with Crippen LogP contribution in [0.2, 0.25) is 0 Å². The molecule has 1 aliphatic heterocycles. The van der Waals surface area contributed by atoms with Gasteiger partial charge < -0.3 is 23.9 Å². The van der Waals surface area contributed by atoms with Crippen LogP contribution in [0.4, 0.5) is 0 Å². The van der Waals surface area contributed by atoms with E-state index in [1.807, 2.05) is 22.9 Å². The van der Waals surface area contributed by atoms with Crippen molar-refractivity contribution in [1.29, 1.82) is 0 Å². The SMILES string of the molecule is COc1cc2c(cc1-c1nccn1CCC(C)(C)O)OCO2. The van der Waals surface area contributed by atoms with Crippen LogP contribution in [0, 0.1) is 0 Å². The highest BCUT2D eigenvalue weighted by molar-refractivity contribution is 5.70. The van der Waals surface area contributed by atoms with Gasteiger partial charge >= 0.3 is 0 Å². The number of aliphatic hydroxyl groups is 1. The summed E-state index contributed by atoms with van der Waals surface area (Å²) >= 11 is 0. The maximum atomic E-state index is 9.91. The second kappa shape index (κ2) is 5.53. The van der Waals surface area contributed by atoms with E-state index in [0.717, 1.165) is 11.4 Å². The van der Waals surface area contributed by atoms with E-state index < -0.39 is 5.60 Å². The summed E-state index contributed by atoms with van der Waals surface area (Å²) < 4.78 is 18.3. The highest BCUT2D eigenvalue weighted by Crippen LogP contribution is 2.42. The van der Waals surface area contributed by atoms with Crippen molar-refractivity contribution in [2.45, 2.75) is 32.4 Å². The number of hydrogen-bond donors (Lipinski definition) is 1. The van der Waals surface area contributed by atoms with E-state index in [1.54, 1.807) is 27.2 Å². The minimum atomic E-state index is -0.722. The lowest BCUT2D eigenvalue weighted by molar-refractivity contribution is 0.0663. The average Bonchev–Trinajstić information content (AvgIpc) is 3.10. The number of aromatic nitrogens is 2. The van der Waals surface area contributed by atoms with Gasteiger partial charge in [-0.25, -0.2) is 4.98 Å². The van der Waals surface area contributed by atoms with Crippen molar-refractivity contribution in [2.24, 2.45) is 0 Å². The molecule has 1 N–H and O–H groups in total. The number of fused-ring (bicyclic) bond motifs is 1. The molecule has 22 heavy (non-hydrogen) atoms. The molecular formula is C16H20N2O4. The molecule has 1 aromatic carbocycles. The van der Waals surface area contributed by atoms with Gasteiger partial charge in [0.05, 0.1) is 18.3 Å². The first-order valence-corrected chi connectivity index (χ1v) is 7.19. The molecule has 1 aliphatic rings. The lowest BCUT2D eigenvalue weighted by atomic mass is 10.1. The third kappa shape index (κ3) is 2.87. The van der Waals surface area contributed by atoms with Gasteiger partial charge in [0.2, 0.25) is 6.79 Å². The van der Waals surface area contributed by atoms with Crippen LogP contribution >= 0.6 is 0 Å². The van der Waals surface area contributed by atoms with Crippen molar-refractivity contribution < 1.29 is 19.3 Å². The summed E-state index contributed by atoms with van der Waals surface area (Å²) in [5, 5.41) is 9.91. The number of benzene rings is 1. The molecule has 0 atom stereocenters. The third-order valence-electron chi connectivity index (χ3n) is 3.62. The average molecular weight is 304 g/mol. The Morgan fingerprint density at radius 1 is 1.32 bits per heavy atom. The van der Waals surface area contributed by atoms with Crippen LogP contribution in [0.15, 0.2) is 24.5 Å². The van der Waals surface area contributed by atoms with Crippen molar-refractivity contribution in [3.05, 3.63) is 24.5 Å². The first kappa shape index (κ1) is 14.7. The standard InChI is InChI=1S/C16H20N2O4/c1-16(2,19)4-6-18-7-5-17-15(18)11-8-13-14(22-10-21-13)9-12(11)20-3/h5,7-9,19H,4,6,10H2,1-3H3. The molecule has 118 valence electrons. The van der Waals surface area contributed by atoms with Crippen LogP contribution in [0.25, 0.3) is 11.4 Å². The maximum absolute atomic E-state index is 9.91. The van der Waals surface area contributed by atoms with E-state index in [2.05, 4.69) is 4.98 Å². The van der Waals surface area contributed by atoms with Crippen LogP contribution in [0.1, 0.15) is 20.3 Å². The smallest absolute Gasteiger partial charge is 0.231 e. The Bertz CT molecular complexity index is 673. The Hall–Kier alpha value is -2.21. The summed E-state index contributed by atoms with van der Waals surface area (Å²) in [5.74, 6) is 2.82. The second-order valence-electron chi connectivity index (χ2n) is 5.91. The molecule has 0 radical (unpaired) electrons. The van der Waals surface area contributed by atoms with Crippen LogP contribution in [-0.2, 0) is 6.54 Å². The van der Waals surface area contributed by atoms with Gasteiger partial charge in [-0.3, -0.25) is 0 Å². The molecule has 6 nitrogen and oxygen atoms in total. The topological polar surface area (TPSA) is 65.7 Å². The minimum Gasteiger partial charge on any atom is -0.496 e. The van der Waals surface area contributed by atoms with E-state index >= 15 is 0 Å². The predicted octanol–water partition coefficient (Wildman–Crippen LogP) is 2.45. The lowest BCUT2D eigenvalue weighted by Crippen LogP contribution is -2.21. The van der Waals surface area contributed by atoms with Crippen molar-refractivity contribution in [1.82, 2.24) is 9.55 Å². The maximum Gasteiger partial charge on any atom is 0.231 e. The number of rotatable bonds is 5.